The second-order valence-corrected chi connectivity index (χ2v) is 4.97. The number of likely N-dealkylation sites (tertiary alicyclic amines) is 1. The fraction of sp³-hybridized carbons (Fsp3) is 0.571. The van der Waals surface area contributed by atoms with Gasteiger partial charge < -0.3 is 10.2 Å². The molecule has 0 aromatic heterocycles. The number of likely N-dealkylation sites (N-methyl/N-ethyl adjacent to an activating group) is 1. The van der Waals surface area contributed by atoms with Gasteiger partial charge in [-0.05, 0) is 32.0 Å². The van der Waals surface area contributed by atoms with Crippen LogP contribution < -0.4 is 5.32 Å². The molecule has 0 spiro atoms. The number of nitrogens with one attached hydrogen (secondary N) is 1. The Morgan fingerprint density at radius 2 is 1.95 bits per heavy atom. The Balaban J connectivity index is 1.93. The minimum atomic E-state index is -1.14. The monoisotopic (exact) mass is 272 g/mol. The van der Waals surface area contributed by atoms with Crippen LogP contribution in [0, 0.1) is 17.5 Å². The maximum atomic E-state index is 13.5. The van der Waals surface area contributed by atoms with Crippen molar-refractivity contribution in [1.29, 1.82) is 0 Å². The summed E-state index contributed by atoms with van der Waals surface area (Å²) in [6.07, 6.45) is 2.13. The third-order valence-corrected chi connectivity index (χ3v) is 3.62. The number of halogens is 3. The van der Waals surface area contributed by atoms with Crippen molar-refractivity contribution in [2.75, 3.05) is 19.6 Å². The van der Waals surface area contributed by atoms with Crippen molar-refractivity contribution in [3.05, 3.63) is 35.1 Å². The van der Waals surface area contributed by atoms with E-state index in [0.29, 0.717) is 6.07 Å². The van der Waals surface area contributed by atoms with E-state index in [-0.39, 0.29) is 18.2 Å². The van der Waals surface area contributed by atoms with Gasteiger partial charge in [-0.15, -0.1) is 0 Å². The van der Waals surface area contributed by atoms with Gasteiger partial charge in [-0.3, -0.25) is 0 Å². The van der Waals surface area contributed by atoms with Gasteiger partial charge in [-0.25, -0.2) is 13.2 Å². The predicted molar refractivity (Wildman–Crippen MR) is 68.3 cm³/mol. The van der Waals surface area contributed by atoms with Gasteiger partial charge in [-0.1, -0.05) is 6.92 Å². The Labute approximate surface area is 111 Å². The van der Waals surface area contributed by atoms with Crippen molar-refractivity contribution >= 4 is 0 Å². The maximum Gasteiger partial charge on any atom is 0.161 e. The van der Waals surface area contributed by atoms with E-state index < -0.39 is 17.5 Å². The summed E-state index contributed by atoms with van der Waals surface area (Å²) in [4.78, 5) is 2.32. The van der Waals surface area contributed by atoms with Gasteiger partial charge >= 0.3 is 0 Å². The molecule has 1 N–H and O–H groups in total. The van der Waals surface area contributed by atoms with Crippen LogP contribution in [-0.2, 0) is 6.54 Å². The average Bonchev–Trinajstić information content (AvgIpc) is 2.41. The smallest absolute Gasteiger partial charge is 0.161 e. The highest BCUT2D eigenvalue weighted by Gasteiger charge is 2.18. The molecule has 0 radical (unpaired) electrons. The molecule has 1 heterocycles. The zero-order valence-corrected chi connectivity index (χ0v) is 11.1. The third kappa shape index (κ3) is 3.70. The summed E-state index contributed by atoms with van der Waals surface area (Å²) in [6.45, 7) is 5.34. The number of hydrogen-bond acceptors (Lipinski definition) is 2. The zero-order chi connectivity index (χ0) is 13.8. The molecule has 2 rings (SSSR count). The van der Waals surface area contributed by atoms with Crippen molar-refractivity contribution in [2.45, 2.75) is 32.4 Å². The first-order valence-corrected chi connectivity index (χ1v) is 6.69. The van der Waals surface area contributed by atoms with Crippen LogP contribution in [0.4, 0.5) is 13.2 Å². The highest BCUT2D eigenvalue weighted by Crippen LogP contribution is 2.15. The Morgan fingerprint density at radius 1 is 1.21 bits per heavy atom. The first kappa shape index (κ1) is 14.3. The summed E-state index contributed by atoms with van der Waals surface area (Å²) < 4.78 is 39.3. The number of hydrogen-bond donors (Lipinski definition) is 1. The lowest BCUT2D eigenvalue weighted by molar-refractivity contribution is 0.198. The molecule has 1 aliphatic heterocycles. The normalized spacial score (nSPS) is 20.7. The van der Waals surface area contributed by atoms with Crippen LogP contribution in [0.15, 0.2) is 12.1 Å². The van der Waals surface area contributed by atoms with Gasteiger partial charge in [-0.2, -0.15) is 0 Å². The molecular weight excluding hydrogens is 253 g/mol. The van der Waals surface area contributed by atoms with Gasteiger partial charge in [0, 0.05) is 30.8 Å². The summed E-state index contributed by atoms with van der Waals surface area (Å²) in [5, 5.41) is 3.22. The topological polar surface area (TPSA) is 15.3 Å². The Morgan fingerprint density at radius 3 is 2.68 bits per heavy atom. The van der Waals surface area contributed by atoms with Crippen molar-refractivity contribution in [1.82, 2.24) is 10.2 Å². The van der Waals surface area contributed by atoms with Crippen LogP contribution in [0.2, 0.25) is 0 Å². The van der Waals surface area contributed by atoms with Gasteiger partial charge in [0.25, 0.3) is 0 Å². The summed E-state index contributed by atoms with van der Waals surface area (Å²) >= 11 is 0. The van der Waals surface area contributed by atoms with Gasteiger partial charge in [0.05, 0.1) is 0 Å². The molecule has 0 amide bonds. The fourth-order valence-electron chi connectivity index (χ4n) is 2.46. The van der Waals surface area contributed by atoms with Crippen LogP contribution in [0.25, 0.3) is 0 Å². The molecule has 1 unspecified atom stereocenters. The van der Waals surface area contributed by atoms with Crippen LogP contribution in [0.5, 0.6) is 0 Å². The molecule has 0 aliphatic carbocycles. The summed E-state index contributed by atoms with van der Waals surface area (Å²) in [5.41, 5.74) is 0.174. The molecule has 1 aliphatic rings. The first-order chi connectivity index (χ1) is 9.10. The molecule has 0 bridgehead atoms. The number of rotatable bonds is 4. The van der Waals surface area contributed by atoms with E-state index >= 15 is 0 Å². The van der Waals surface area contributed by atoms with Crippen LogP contribution in [0.1, 0.15) is 25.3 Å². The number of nitrogens with zero attached hydrogens (tertiary/aromatic N) is 1. The van der Waals surface area contributed by atoms with Crippen LogP contribution >= 0.6 is 0 Å². The average molecular weight is 272 g/mol. The predicted octanol–water partition coefficient (Wildman–Crippen LogP) is 2.68. The molecule has 19 heavy (non-hydrogen) atoms. The highest BCUT2D eigenvalue weighted by molar-refractivity contribution is 5.20. The SMILES string of the molecule is CCN1CCCC(NCc2cc(F)c(F)cc2F)C1. The Bertz CT molecular complexity index is 437. The highest BCUT2D eigenvalue weighted by atomic mass is 19.2. The first-order valence-electron chi connectivity index (χ1n) is 6.69. The maximum absolute atomic E-state index is 13.5. The fourth-order valence-corrected chi connectivity index (χ4v) is 2.46. The van der Waals surface area contributed by atoms with E-state index in [2.05, 4.69) is 17.1 Å². The lowest BCUT2D eigenvalue weighted by Gasteiger charge is -2.32. The Hall–Kier alpha value is -1.07. The summed E-state index contributed by atoms with van der Waals surface area (Å²) in [7, 11) is 0. The van der Waals surface area contributed by atoms with E-state index in [1.54, 1.807) is 0 Å². The number of benzene rings is 1. The molecule has 1 aromatic rings. The second kappa shape index (κ2) is 6.39. The van der Waals surface area contributed by atoms with Gasteiger partial charge in [0.1, 0.15) is 5.82 Å². The molecule has 106 valence electrons. The van der Waals surface area contributed by atoms with Gasteiger partial charge in [0.15, 0.2) is 11.6 Å². The molecular formula is C14H19F3N2. The molecule has 2 nitrogen and oxygen atoms in total. The van der Waals surface area contributed by atoms with Crippen LogP contribution in [0.3, 0.4) is 0 Å². The third-order valence-electron chi connectivity index (χ3n) is 3.62. The van der Waals surface area contributed by atoms with Gasteiger partial charge in [0.2, 0.25) is 0 Å². The van der Waals surface area contributed by atoms with Crippen LogP contribution in [-0.4, -0.2) is 30.6 Å². The molecule has 1 fully saturated rings. The Kier molecular flexibility index (Phi) is 4.82. The van der Waals surface area contributed by atoms with Crippen molar-refractivity contribution in [3.63, 3.8) is 0 Å². The lowest BCUT2D eigenvalue weighted by atomic mass is 10.1. The summed E-state index contributed by atoms with van der Waals surface area (Å²) in [5.74, 6) is -2.84. The second-order valence-electron chi connectivity index (χ2n) is 4.97. The van der Waals surface area contributed by atoms with E-state index in [4.69, 9.17) is 0 Å². The quantitative estimate of drug-likeness (QED) is 0.848. The van der Waals surface area contributed by atoms with E-state index in [0.717, 1.165) is 38.5 Å². The molecule has 0 saturated carbocycles. The lowest BCUT2D eigenvalue weighted by Crippen LogP contribution is -2.45. The molecule has 5 heteroatoms. The van der Waals surface area contributed by atoms with Crippen molar-refractivity contribution < 1.29 is 13.2 Å². The van der Waals surface area contributed by atoms with E-state index in [9.17, 15) is 13.2 Å². The molecule has 1 saturated heterocycles. The zero-order valence-electron chi connectivity index (χ0n) is 11.1. The minimum absolute atomic E-state index is 0.174. The van der Waals surface area contributed by atoms with Crippen molar-refractivity contribution in [3.8, 4) is 0 Å². The van der Waals surface area contributed by atoms with Crippen molar-refractivity contribution in [2.24, 2.45) is 0 Å². The van der Waals surface area contributed by atoms with E-state index in [1.165, 1.54) is 0 Å². The minimum Gasteiger partial charge on any atom is -0.309 e. The summed E-state index contributed by atoms with van der Waals surface area (Å²) in [6, 6.07) is 1.81. The largest absolute Gasteiger partial charge is 0.309 e. The molecule has 1 aromatic carbocycles. The number of piperidine rings is 1. The standard InChI is InChI=1S/C14H19F3N2/c1-2-19-5-3-4-11(9-19)18-8-10-6-13(16)14(17)7-12(10)15/h6-7,11,18H,2-5,8-9H2,1H3. The van der Waals surface area contributed by atoms with E-state index in [1.807, 2.05) is 0 Å². The molecule has 1 atom stereocenters.